The van der Waals surface area contributed by atoms with Crippen LogP contribution >= 0.6 is 0 Å². The average Bonchev–Trinajstić information content (AvgIpc) is 2.58. The van der Waals surface area contributed by atoms with Gasteiger partial charge in [0.2, 0.25) is 5.95 Å². The van der Waals surface area contributed by atoms with Gasteiger partial charge >= 0.3 is 0 Å². The summed E-state index contributed by atoms with van der Waals surface area (Å²) in [5, 5.41) is 0. The molecule has 1 aliphatic heterocycles. The van der Waals surface area contributed by atoms with Gasteiger partial charge in [-0.25, -0.2) is 15.0 Å². The smallest absolute Gasteiger partial charge is 0.255 e. The quantitative estimate of drug-likeness (QED) is 0.790. The van der Waals surface area contributed by atoms with E-state index in [1.165, 1.54) is 12.4 Å². The maximum absolute atomic E-state index is 12.3. The SMILES string of the molecule is COCC1CN(c2nc(-c3ccncn3)cc(=O)n2C)CCO1. The van der Waals surface area contributed by atoms with Crippen LogP contribution in [0.1, 0.15) is 0 Å². The van der Waals surface area contributed by atoms with Crippen molar-refractivity contribution in [3.05, 3.63) is 35.0 Å². The molecule has 2 aromatic heterocycles. The summed E-state index contributed by atoms with van der Waals surface area (Å²) in [4.78, 5) is 27.0. The maximum atomic E-state index is 12.3. The van der Waals surface area contributed by atoms with Crippen molar-refractivity contribution in [3.8, 4) is 11.4 Å². The van der Waals surface area contributed by atoms with Gasteiger partial charge in [-0.3, -0.25) is 9.36 Å². The summed E-state index contributed by atoms with van der Waals surface area (Å²) in [5.41, 5.74) is 1.04. The minimum absolute atomic E-state index is 0.0339. The van der Waals surface area contributed by atoms with Crippen LogP contribution in [0.15, 0.2) is 29.5 Å². The van der Waals surface area contributed by atoms with Gasteiger partial charge in [-0.05, 0) is 6.07 Å². The third-order valence-corrected chi connectivity index (χ3v) is 3.73. The highest BCUT2D eigenvalue weighted by molar-refractivity contribution is 5.55. The number of hydrogen-bond donors (Lipinski definition) is 0. The first-order chi connectivity index (χ1) is 11.2. The van der Waals surface area contributed by atoms with E-state index in [2.05, 4.69) is 15.0 Å². The van der Waals surface area contributed by atoms with Crippen molar-refractivity contribution in [1.29, 1.82) is 0 Å². The molecule has 1 unspecified atom stereocenters. The number of rotatable bonds is 4. The van der Waals surface area contributed by atoms with E-state index in [1.54, 1.807) is 31.0 Å². The fraction of sp³-hybridized carbons (Fsp3) is 0.467. The Balaban J connectivity index is 1.95. The van der Waals surface area contributed by atoms with E-state index in [9.17, 15) is 4.79 Å². The molecule has 3 rings (SSSR count). The van der Waals surface area contributed by atoms with E-state index < -0.39 is 0 Å². The minimum atomic E-state index is -0.126. The van der Waals surface area contributed by atoms with Crippen molar-refractivity contribution in [2.75, 3.05) is 38.3 Å². The van der Waals surface area contributed by atoms with Crippen molar-refractivity contribution in [1.82, 2.24) is 19.5 Å². The van der Waals surface area contributed by atoms with Crippen LogP contribution in [0.2, 0.25) is 0 Å². The number of methoxy groups -OCH3 is 1. The Kier molecular flexibility index (Phi) is 4.63. The Morgan fingerprint density at radius 3 is 3.04 bits per heavy atom. The molecule has 122 valence electrons. The van der Waals surface area contributed by atoms with Crippen LogP contribution in [-0.4, -0.2) is 59.0 Å². The largest absolute Gasteiger partial charge is 0.382 e. The van der Waals surface area contributed by atoms with Crippen LogP contribution in [0.4, 0.5) is 5.95 Å². The first-order valence-electron chi connectivity index (χ1n) is 7.39. The van der Waals surface area contributed by atoms with Crippen molar-refractivity contribution in [2.24, 2.45) is 7.05 Å². The standard InChI is InChI=1S/C15H19N5O3/c1-19-14(21)7-13(12-3-4-16-10-17-12)18-15(19)20-5-6-23-11(8-20)9-22-2/h3-4,7,10-11H,5-6,8-9H2,1-2H3. The monoisotopic (exact) mass is 317 g/mol. The van der Waals surface area contributed by atoms with Gasteiger partial charge in [0.15, 0.2) is 0 Å². The molecule has 1 saturated heterocycles. The molecule has 0 spiro atoms. The Morgan fingerprint density at radius 2 is 2.30 bits per heavy atom. The van der Waals surface area contributed by atoms with E-state index in [0.717, 1.165) is 0 Å². The zero-order valence-corrected chi connectivity index (χ0v) is 13.2. The lowest BCUT2D eigenvalue weighted by Crippen LogP contribution is -2.46. The molecule has 23 heavy (non-hydrogen) atoms. The number of hydrogen-bond acceptors (Lipinski definition) is 7. The molecule has 0 saturated carbocycles. The number of anilines is 1. The summed E-state index contributed by atoms with van der Waals surface area (Å²) < 4.78 is 12.3. The summed E-state index contributed by atoms with van der Waals surface area (Å²) >= 11 is 0. The van der Waals surface area contributed by atoms with Crippen LogP contribution in [-0.2, 0) is 16.5 Å². The van der Waals surface area contributed by atoms with Crippen LogP contribution < -0.4 is 10.5 Å². The third kappa shape index (κ3) is 3.38. The summed E-state index contributed by atoms with van der Waals surface area (Å²) in [6.07, 6.45) is 3.04. The fourth-order valence-electron chi connectivity index (χ4n) is 2.57. The molecule has 0 radical (unpaired) electrons. The predicted molar refractivity (Wildman–Crippen MR) is 84.3 cm³/mol. The van der Waals surface area contributed by atoms with E-state index in [0.29, 0.717) is 43.6 Å². The highest BCUT2D eigenvalue weighted by Gasteiger charge is 2.24. The number of aromatic nitrogens is 4. The molecule has 1 aliphatic rings. The van der Waals surface area contributed by atoms with E-state index in [4.69, 9.17) is 9.47 Å². The zero-order chi connectivity index (χ0) is 16.2. The summed E-state index contributed by atoms with van der Waals surface area (Å²) in [7, 11) is 3.36. The molecule has 8 heteroatoms. The summed E-state index contributed by atoms with van der Waals surface area (Å²) in [6, 6.07) is 3.22. The lowest BCUT2D eigenvalue weighted by atomic mass is 10.2. The molecular formula is C15H19N5O3. The predicted octanol–water partition coefficient (Wildman–Crippen LogP) is 0.0889. The van der Waals surface area contributed by atoms with Gasteiger partial charge in [-0.2, -0.15) is 0 Å². The molecule has 0 amide bonds. The van der Waals surface area contributed by atoms with Crippen LogP contribution in [0.25, 0.3) is 11.4 Å². The van der Waals surface area contributed by atoms with E-state index >= 15 is 0 Å². The number of nitrogens with zero attached hydrogens (tertiary/aromatic N) is 5. The number of morpholine rings is 1. The Hall–Kier alpha value is -2.32. The maximum Gasteiger partial charge on any atom is 0.255 e. The second-order valence-corrected chi connectivity index (χ2v) is 5.33. The first-order valence-corrected chi connectivity index (χ1v) is 7.39. The van der Waals surface area contributed by atoms with E-state index in [-0.39, 0.29) is 11.7 Å². The highest BCUT2D eigenvalue weighted by atomic mass is 16.5. The lowest BCUT2D eigenvalue weighted by Gasteiger charge is -2.34. The zero-order valence-electron chi connectivity index (χ0n) is 13.2. The van der Waals surface area contributed by atoms with Gasteiger partial charge in [-0.15, -0.1) is 0 Å². The fourth-order valence-corrected chi connectivity index (χ4v) is 2.57. The van der Waals surface area contributed by atoms with Crippen molar-refractivity contribution < 1.29 is 9.47 Å². The molecule has 0 bridgehead atoms. The van der Waals surface area contributed by atoms with Crippen LogP contribution in [0.3, 0.4) is 0 Å². The van der Waals surface area contributed by atoms with Gasteiger partial charge in [0.1, 0.15) is 6.33 Å². The molecule has 1 atom stereocenters. The molecule has 3 heterocycles. The van der Waals surface area contributed by atoms with Crippen LogP contribution in [0.5, 0.6) is 0 Å². The topological polar surface area (TPSA) is 82.4 Å². The highest BCUT2D eigenvalue weighted by Crippen LogP contribution is 2.18. The molecule has 8 nitrogen and oxygen atoms in total. The van der Waals surface area contributed by atoms with Crippen molar-refractivity contribution in [3.63, 3.8) is 0 Å². The second kappa shape index (κ2) is 6.84. The van der Waals surface area contributed by atoms with Crippen LogP contribution in [0, 0.1) is 0 Å². The summed E-state index contributed by atoms with van der Waals surface area (Å²) in [6.45, 7) is 2.38. The Labute approximate surface area is 133 Å². The molecule has 0 aromatic carbocycles. The minimum Gasteiger partial charge on any atom is -0.382 e. The number of ether oxygens (including phenoxy) is 2. The van der Waals surface area contributed by atoms with Gasteiger partial charge in [0.05, 0.1) is 30.7 Å². The van der Waals surface area contributed by atoms with Gasteiger partial charge in [0, 0.05) is 39.5 Å². The lowest BCUT2D eigenvalue weighted by molar-refractivity contribution is -0.0105. The van der Waals surface area contributed by atoms with Gasteiger partial charge in [0.25, 0.3) is 5.56 Å². The van der Waals surface area contributed by atoms with Crippen molar-refractivity contribution >= 4 is 5.95 Å². The Bertz CT molecular complexity index is 717. The molecule has 2 aromatic rings. The van der Waals surface area contributed by atoms with E-state index in [1.807, 2.05) is 4.90 Å². The Morgan fingerprint density at radius 1 is 1.43 bits per heavy atom. The molecule has 0 N–H and O–H groups in total. The second-order valence-electron chi connectivity index (χ2n) is 5.33. The van der Waals surface area contributed by atoms with Crippen molar-refractivity contribution in [2.45, 2.75) is 6.10 Å². The van der Waals surface area contributed by atoms with Gasteiger partial charge < -0.3 is 14.4 Å². The van der Waals surface area contributed by atoms with Gasteiger partial charge in [-0.1, -0.05) is 0 Å². The third-order valence-electron chi connectivity index (χ3n) is 3.73. The normalized spacial score (nSPS) is 18.2. The summed E-state index contributed by atoms with van der Waals surface area (Å²) in [5.74, 6) is 0.607. The molecule has 1 fully saturated rings. The molecule has 0 aliphatic carbocycles. The first kappa shape index (κ1) is 15.6. The molecular weight excluding hydrogens is 298 g/mol. The average molecular weight is 317 g/mol.